The van der Waals surface area contributed by atoms with Crippen molar-refractivity contribution >= 4 is 17.5 Å². The van der Waals surface area contributed by atoms with Gasteiger partial charge in [0.2, 0.25) is 0 Å². The Balaban J connectivity index is 1.71. The lowest BCUT2D eigenvalue weighted by molar-refractivity contribution is -0.129. The van der Waals surface area contributed by atoms with Crippen molar-refractivity contribution in [1.29, 1.82) is 0 Å². The van der Waals surface area contributed by atoms with E-state index in [0.717, 1.165) is 16.8 Å². The molecule has 6 heteroatoms. The largest absolute Gasteiger partial charge is 0.477 e. The Kier molecular flexibility index (Phi) is 5.11. The van der Waals surface area contributed by atoms with E-state index in [1.54, 1.807) is 12.1 Å². The Morgan fingerprint density at radius 1 is 0.920 bits per heavy atom. The van der Waals surface area contributed by atoms with Crippen LogP contribution in [0.2, 0.25) is 0 Å². The van der Waals surface area contributed by atoms with Crippen LogP contribution < -0.4 is 5.43 Å². The molecule has 0 fully saturated rings. The molecule has 2 aromatic carbocycles. The Labute approximate surface area is 144 Å². The normalized spacial score (nSPS) is 11.1. The van der Waals surface area contributed by atoms with Crippen LogP contribution in [0.15, 0.2) is 77.9 Å². The second kappa shape index (κ2) is 7.83. The number of anilines is 1. The van der Waals surface area contributed by atoms with Crippen molar-refractivity contribution < 1.29 is 9.90 Å². The topological polar surface area (TPSA) is 87.5 Å². The quantitative estimate of drug-likeness (QED) is 0.534. The van der Waals surface area contributed by atoms with E-state index in [-0.39, 0.29) is 12.1 Å². The van der Waals surface area contributed by atoms with Crippen LogP contribution in [0.5, 0.6) is 0 Å². The summed E-state index contributed by atoms with van der Waals surface area (Å²) in [4.78, 5) is 11.4. The highest BCUT2D eigenvalue weighted by molar-refractivity contribution is 6.36. The molecule has 6 nitrogen and oxygen atoms in total. The van der Waals surface area contributed by atoms with Gasteiger partial charge >= 0.3 is 5.97 Å². The Morgan fingerprint density at radius 2 is 1.60 bits per heavy atom. The number of nitrogens with one attached hydrogen (secondary N) is 1. The fourth-order valence-corrected chi connectivity index (χ4v) is 2.23. The van der Waals surface area contributed by atoms with Crippen molar-refractivity contribution in [3.63, 3.8) is 0 Å². The lowest BCUT2D eigenvalue weighted by atomic mass is 10.1. The predicted octanol–water partition coefficient (Wildman–Crippen LogP) is 3.24. The van der Waals surface area contributed by atoms with Crippen LogP contribution in [0, 0.1) is 0 Å². The van der Waals surface area contributed by atoms with Gasteiger partial charge in [-0.1, -0.05) is 60.7 Å². The van der Waals surface area contributed by atoms with Gasteiger partial charge in [0.1, 0.15) is 5.71 Å². The number of hydrogen-bond acceptors (Lipinski definition) is 5. The van der Waals surface area contributed by atoms with Crippen molar-refractivity contribution in [3.8, 4) is 11.3 Å². The number of hydrazone groups is 1. The molecule has 0 radical (unpaired) electrons. The zero-order valence-electron chi connectivity index (χ0n) is 13.3. The van der Waals surface area contributed by atoms with Gasteiger partial charge in [-0.05, 0) is 17.7 Å². The van der Waals surface area contributed by atoms with E-state index >= 15 is 0 Å². The molecule has 1 heterocycles. The molecule has 124 valence electrons. The summed E-state index contributed by atoms with van der Waals surface area (Å²) in [5.74, 6) is -0.697. The van der Waals surface area contributed by atoms with Crippen LogP contribution in [0.4, 0.5) is 5.82 Å². The molecule has 0 amide bonds. The summed E-state index contributed by atoms with van der Waals surface area (Å²) in [6, 6.07) is 22.5. The minimum Gasteiger partial charge on any atom is -0.477 e. The summed E-state index contributed by atoms with van der Waals surface area (Å²) in [7, 11) is 0. The molecule has 0 bridgehead atoms. The first-order valence-electron chi connectivity index (χ1n) is 7.71. The molecule has 3 rings (SSSR count). The van der Waals surface area contributed by atoms with Gasteiger partial charge in [0.05, 0.1) is 5.69 Å². The highest BCUT2D eigenvalue weighted by atomic mass is 16.4. The van der Waals surface area contributed by atoms with E-state index in [0.29, 0.717) is 5.82 Å². The molecule has 0 aliphatic heterocycles. The molecule has 0 saturated carbocycles. The third-order valence-electron chi connectivity index (χ3n) is 3.50. The fraction of sp³-hybridized carbons (Fsp3) is 0.0526. The third kappa shape index (κ3) is 4.48. The Hall–Kier alpha value is -3.54. The molecular formula is C19H16N4O2. The monoisotopic (exact) mass is 332 g/mol. The summed E-state index contributed by atoms with van der Waals surface area (Å²) in [5.41, 5.74) is 5.22. The second-order valence-corrected chi connectivity index (χ2v) is 5.31. The predicted molar refractivity (Wildman–Crippen MR) is 96.3 cm³/mol. The summed E-state index contributed by atoms with van der Waals surface area (Å²) >= 11 is 0. The maximum atomic E-state index is 11.4. The van der Waals surface area contributed by atoms with E-state index in [1.807, 2.05) is 60.7 Å². The summed E-state index contributed by atoms with van der Waals surface area (Å²) in [5, 5.41) is 21.4. The zero-order chi connectivity index (χ0) is 17.5. The van der Waals surface area contributed by atoms with Gasteiger partial charge in [0.25, 0.3) is 0 Å². The fourth-order valence-electron chi connectivity index (χ4n) is 2.23. The molecule has 0 unspecified atom stereocenters. The van der Waals surface area contributed by atoms with Gasteiger partial charge < -0.3 is 5.11 Å². The van der Waals surface area contributed by atoms with Crippen LogP contribution in [0.1, 0.15) is 5.56 Å². The van der Waals surface area contributed by atoms with Gasteiger partial charge in [-0.25, -0.2) is 4.79 Å². The van der Waals surface area contributed by atoms with Crippen LogP contribution in [0.3, 0.4) is 0 Å². The van der Waals surface area contributed by atoms with Crippen molar-refractivity contribution in [2.45, 2.75) is 6.42 Å². The minimum atomic E-state index is -1.08. The summed E-state index contributed by atoms with van der Waals surface area (Å²) in [6.07, 6.45) is 0.221. The third-order valence-corrected chi connectivity index (χ3v) is 3.50. The van der Waals surface area contributed by atoms with Crippen LogP contribution >= 0.6 is 0 Å². The number of hydrogen-bond donors (Lipinski definition) is 2. The maximum absolute atomic E-state index is 11.4. The molecule has 25 heavy (non-hydrogen) atoms. The number of rotatable bonds is 6. The molecule has 3 aromatic rings. The van der Waals surface area contributed by atoms with Gasteiger partial charge in [0.15, 0.2) is 5.82 Å². The lowest BCUT2D eigenvalue weighted by Gasteiger charge is -2.04. The molecular weight excluding hydrogens is 316 g/mol. The number of aromatic nitrogens is 2. The van der Waals surface area contributed by atoms with E-state index < -0.39 is 5.97 Å². The standard InChI is InChI=1S/C19H16N4O2/c24-19(25)17(13-14-7-3-1-4-8-14)21-23-18-12-11-16(20-22-18)15-9-5-2-6-10-15/h1-12H,13H2,(H,22,23)(H,24,25)/b21-17+. The molecule has 1 aromatic heterocycles. The van der Waals surface area contributed by atoms with Gasteiger partial charge in [0, 0.05) is 12.0 Å². The maximum Gasteiger partial charge on any atom is 0.352 e. The van der Waals surface area contributed by atoms with E-state index in [2.05, 4.69) is 20.7 Å². The molecule has 0 atom stereocenters. The average molecular weight is 332 g/mol. The second-order valence-electron chi connectivity index (χ2n) is 5.31. The van der Waals surface area contributed by atoms with Crippen molar-refractivity contribution in [2.24, 2.45) is 5.10 Å². The SMILES string of the molecule is O=C(O)/C(Cc1ccccc1)=N/Nc1ccc(-c2ccccc2)nn1. The van der Waals surface area contributed by atoms with Gasteiger partial charge in [-0.15, -0.1) is 10.2 Å². The van der Waals surface area contributed by atoms with E-state index in [4.69, 9.17) is 0 Å². The molecule has 0 aliphatic rings. The smallest absolute Gasteiger partial charge is 0.352 e. The number of carboxylic acids is 1. The highest BCUT2D eigenvalue weighted by Crippen LogP contribution is 2.16. The first-order chi connectivity index (χ1) is 12.2. The number of carboxylic acid groups (broad SMARTS) is 1. The van der Waals surface area contributed by atoms with Gasteiger partial charge in [-0.3, -0.25) is 5.43 Å². The zero-order valence-corrected chi connectivity index (χ0v) is 13.3. The summed E-state index contributed by atoms with van der Waals surface area (Å²) < 4.78 is 0. The van der Waals surface area contributed by atoms with E-state index in [1.165, 1.54) is 0 Å². The molecule has 0 saturated heterocycles. The Morgan fingerprint density at radius 3 is 2.20 bits per heavy atom. The molecule has 0 aliphatic carbocycles. The highest BCUT2D eigenvalue weighted by Gasteiger charge is 2.11. The average Bonchev–Trinajstić information content (AvgIpc) is 2.67. The molecule has 2 N–H and O–H groups in total. The van der Waals surface area contributed by atoms with Crippen LogP contribution in [0.25, 0.3) is 11.3 Å². The number of benzene rings is 2. The number of nitrogens with zero attached hydrogens (tertiary/aromatic N) is 3. The Bertz CT molecular complexity index is 863. The lowest BCUT2D eigenvalue weighted by Crippen LogP contribution is -2.18. The number of carbonyl (C=O) groups is 1. The minimum absolute atomic E-state index is 0.000126. The van der Waals surface area contributed by atoms with Crippen molar-refractivity contribution in [1.82, 2.24) is 10.2 Å². The van der Waals surface area contributed by atoms with Crippen LogP contribution in [-0.4, -0.2) is 27.0 Å². The first-order valence-corrected chi connectivity index (χ1v) is 7.71. The van der Waals surface area contributed by atoms with E-state index in [9.17, 15) is 9.90 Å². The van der Waals surface area contributed by atoms with Crippen LogP contribution in [-0.2, 0) is 11.2 Å². The van der Waals surface area contributed by atoms with Crippen molar-refractivity contribution in [2.75, 3.05) is 5.43 Å². The molecule has 0 spiro atoms. The first kappa shape index (κ1) is 16.3. The van der Waals surface area contributed by atoms with Crippen molar-refractivity contribution in [3.05, 3.63) is 78.4 Å². The summed E-state index contributed by atoms with van der Waals surface area (Å²) in [6.45, 7) is 0. The number of aliphatic carboxylic acids is 1. The van der Waals surface area contributed by atoms with Gasteiger partial charge in [-0.2, -0.15) is 5.10 Å².